The predicted octanol–water partition coefficient (Wildman–Crippen LogP) is 2.36. The fraction of sp³-hybridized carbons (Fsp3) is 0. The van der Waals surface area contributed by atoms with E-state index in [1.165, 1.54) is 6.08 Å². The summed E-state index contributed by atoms with van der Waals surface area (Å²) in [4.78, 5) is 20.5. The Hall–Kier alpha value is -1.41. The molecule has 3 heteroatoms. The molecule has 1 rings (SSSR count). The first-order valence-electron chi connectivity index (χ1n) is 3.64. The fourth-order valence-electron chi connectivity index (χ4n) is 0.906. The minimum absolute atomic E-state index is 0.517. The van der Waals surface area contributed by atoms with Crippen molar-refractivity contribution >= 4 is 30.2 Å². The molecule has 0 atom stereocenters. The molecule has 0 spiro atoms. The van der Waals surface area contributed by atoms with Crippen LogP contribution in [-0.2, 0) is 4.79 Å². The molecule has 0 aliphatic rings. The zero-order valence-electron chi connectivity index (χ0n) is 6.74. The van der Waals surface area contributed by atoms with Gasteiger partial charge in [0.15, 0.2) is 0 Å². The number of halogens is 1. The van der Waals surface area contributed by atoms with Crippen molar-refractivity contribution in [1.29, 1.82) is 0 Å². The Balaban J connectivity index is 3.10. The number of carbonyl (C=O) groups is 2. The van der Waals surface area contributed by atoms with Crippen LogP contribution in [0.5, 0.6) is 0 Å². The van der Waals surface area contributed by atoms with Crippen molar-refractivity contribution in [3.8, 4) is 0 Å². The van der Waals surface area contributed by atoms with Crippen LogP contribution in [0.2, 0.25) is 5.02 Å². The Labute approximate surface area is 80.8 Å². The third kappa shape index (κ3) is 2.53. The molecule has 0 aliphatic carbocycles. The largest absolute Gasteiger partial charge is 0.299 e. The highest BCUT2D eigenvalue weighted by Crippen LogP contribution is 2.18. The van der Waals surface area contributed by atoms with Gasteiger partial charge >= 0.3 is 0 Å². The molecule has 0 N–H and O–H groups in total. The average molecular weight is 195 g/mol. The van der Waals surface area contributed by atoms with Gasteiger partial charge in [-0.3, -0.25) is 9.59 Å². The number of rotatable bonds is 3. The molecule has 0 saturated heterocycles. The maximum Gasteiger partial charge on any atom is 0.150 e. The minimum Gasteiger partial charge on any atom is -0.299 e. The Morgan fingerprint density at radius 3 is 2.62 bits per heavy atom. The van der Waals surface area contributed by atoms with Crippen LogP contribution >= 0.6 is 11.6 Å². The van der Waals surface area contributed by atoms with E-state index in [4.69, 9.17) is 11.6 Å². The first kappa shape index (κ1) is 9.68. The topological polar surface area (TPSA) is 34.1 Å². The molecule has 0 radical (unpaired) electrons. The SMILES string of the molecule is O=CC=Cc1cc(C=O)ccc1Cl. The smallest absolute Gasteiger partial charge is 0.150 e. The van der Waals surface area contributed by atoms with E-state index < -0.39 is 0 Å². The van der Waals surface area contributed by atoms with Gasteiger partial charge in [-0.05, 0) is 23.8 Å². The second-order valence-electron chi connectivity index (χ2n) is 2.39. The summed E-state index contributed by atoms with van der Waals surface area (Å²) >= 11 is 5.81. The van der Waals surface area contributed by atoms with Gasteiger partial charge in [0.25, 0.3) is 0 Å². The monoisotopic (exact) mass is 194 g/mol. The second-order valence-corrected chi connectivity index (χ2v) is 2.80. The molecular weight excluding hydrogens is 188 g/mol. The maximum absolute atomic E-state index is 10.4. The number of hydrogen-bond acceptors (Lipinski definition) is 2. The summed E-state index contributed by atoms with van der Waals surface area (Å²) in [6.45, 7) is 0. The lowest BCUT2D eigenvalue weighted by Crippen LogP contribution is -1.82. The number of benzene rings is 1. The molecule has 13 heavy (non-hydrogen) atoms. The maximum atomic E-state index is 10.4. The van der Waals surface area contributed by atoms with Gasteiger partial charge in [-0.2, -0.15) is 0 Å². The van der Waals surface area contributed by atoms with Crippen molar-refractivity contribution in [2.45, 2.75) is 0 Å². The summed E-state index contributed by atoms with van der Waals surface area (Å²) in [6.07, 6.45) is 4.27. The van der Waals surface area contributed by atoms with Crippen molar-refractivity contribution in [3.63, 3.8) is 0 Å². The van der Waals surface area contributed by atoms with Crippen molar-refractivity contribution < 1.29 is 9.59 Å². The number of hydrogen-bond donors (Lipinski definition) is 0. The van der Waals surface area contributed by atoms with E-state index in [0.29, 0.717) is 22.4 Å². The van der Waals surface area contributed by atoms with Crippen LogP contribution in [0.4, 0.5) is 0 Å². The summed E-state index contributed by atoms with van der Waals surface area (Å²) in [6, 6.07) is 4.86. The van der Waals surface area contributed by atoms with E-state index in [0.717, 1.165) is 6.29 Å². The summed E-state index contributed by atoms with van der Waals surface area (Å²) in [7, 11) is 0. The zero-order chi connectivity index (χ0) is 9.68. The average Bonchev–Trinajstić information content (AvgIpc) is 2.17. The normalized spacial score (nSPS) is 10.2. The molecular formula is C10H7ClO2. The Morgan fingerprint density at radius 2 is 2.00 bits per heavy atom. The molecule has 0 bridgehead atoms. The lowest BCUT2D eigenvalue weighted by Gasteiger charge is -1.97. The van der Waals surface area contributed by atoms with E-state index in [1.54, 1.807) is 24.3 Å². The molecule has 0 unspecified atom stereocenters. The predicted molar refractivity (Wildman–Crippen MR) is 51.9 cm³/mol. The zero-order valence-corrected chi connectivity index (χ0v) is 7.49. The van der Waals surface area contributed by atoms with E-state index in [2.05, 4.69) is 0 Å². The van der Waals surface area contributed by atoms with Crippen LogP contribution in [0.25, 0.3) is 6.08 Å². The van der Waals surface area contributed by atoms with Gasteiger partial charge in [-0.15, -0.1) is 0 Å². The minimum atomic E-state index is 0.517. The van der Waals surface area contributed by atoms with E-state index in [9.17, 15) is 9.59 Å². The van der Waals surface area contributed by atoms with Crippen LogP contribution < -0.4 is 0 Å². The highest BCUT2D eigenvalue weighted by atomic mass is 35.5. The third-order valence-electron chi connectivity index (χ3n) is 1.51. The number of allylic oxidation sites excluding steroid dienone is 1. The summed E-state index contributed by atoms with van der Waals surface area (Å²) < 4.78 is 0. The van der Waals surface area contributed by atoms with Crippen molar-refractivity contribution in [2.75, 3.05) is 0 Å². The molecule has 1 aromatic rings. The highest BCUT2D eigenvalue weighted by molar-refractivity contribution is 6.32. The first-order chi connectivity index (χ1) is 6.27. The molecule has 2 nitrogen and oxygen atoms in total. The molecule has 0 fully saturated rings. The molecule has 0 aliphatic heterocycles. The van der Waals surface area contributed by atoms with Gasteiger partial charge < -0.3 is 0 Å². The summed E-state index contributed by atoms with van der Waals surface area (Å²) in [5, 5.41) is 0.517. The van der Waals surface area contributed by atoms with Crippen molar-refractivity contribution in [1.82, 2.24) is 0 Å². The van der Waals surface area contributed by atoms with Crippen molar-refractivity contribution in [3.05, 3.63) is 40.4 Å². The van der Waals surface area contributed by atoms with Crippen LogP contribution in [0.15, 0.2) is 24.3 Å². The van der Waals surface area contributed by atoms with E-state index in [-0.39, 0.29) is 0 Å². The Bertz CT molecular complexity index is 356. The number of aldehydes is 2. The summed E-state index contributed by atoms with van der Waals surface area (Å²) in [5.74, 6) is 0. The lowest BCUT2D eigenvalue weighted by molar-refractivity contribution is -0.104. The highest BCUT2D eigenvalue weighted by Gasteiger charge is 1.97. The van der Waals surface area contributed by atoms with Gasteiger partial charge in [0.2, 0.25) is 0 Å². The van der Waals surface area contributed by atoms with Crippen molar-refractivity contribution in [2.24, 2.45) is 0 Å². The first-order valence-corrected chi connectivity index (χ1v) is 4.02. The van der Waals surface area contributed by atoms with Crippen LogP contribution in [0.3, 0.4) is 0 Å². The quantitative estimate of drug-likeness (QED) is 0.547. The molecule has 1 aromatic carbocycles. The van der Waals surface area contributed by atoms with E-state index >= 15 is 0 Å². The molecule has 0 aromatic heterocycles. The van der Waals surface area contributed by atoms with Gasteiger partial charge in [-0.25, -0.2) is 0 Å². The van der Waals surface area contributed by atoms with Crippen LogP contribution in [-0.4, -0.2) is 12.6 Å². The van der Waals surface area contributed by atoms with Crippen LogP contribution in [0, 0.1) is 0 Å². The molecule has 0 amide bonds. The molecule has 0 heterocycles. The van der Waals surface area contributed by atoms with Gasteiger partial charge in [-0.1, -0.05) is 23.7 Å². The van der Waals surface area contributed by atoms with E-state index in [1.807, 2.05) is 0 Å². The Kier molecular flexibility index (Phi) is 3.41. The second kappa shape index (κ2) is 4.58. The van der Waals surface area contributed by atoms with Crippen LogP contribution in [0.1, 0.15) is 15.9 Å². The standard InChI is InChI=1S/C10H7ClO2/c11-10-4-3-8(7-13)6-9(10)2-1-5-12/h1-7H. The van der Waals surface area contributed by atoms with Gasteiger partial charge in [0.1, 0.15) is 12.6 Å². The third-order valence-corrected chi connectivity index (χ3v) is 1.85. The fourth-order valence-corrected chi connectivity index (χ4v) is 1.09. The molecule has 0 saturated carbocycles. The number of carbonyl (C=O) groups excluding carboxylic acids is 2. The lowest BCUT2D eigenvalue weighted by atomic mass is 10.1. The Morgan fingerprint density at radius 1 is 1.23 bits per heavy atom. The van der Waals surface area contributed by atoms with Gasteiger partial charge in [0.05, 0.1) is 0 Å². The summed E-state index contributed by atoms with van der Waals surface area (Å²) in [5.41, 5.74) is 1.20. The molecule has 66 valence electrons. The van der Waals surface area contributed by atoms with Gasteiger partial charge in [0, 0.05) is 10.6 Å².